The standard InChI is InChI=1S/C8H9NO5S/c1-14-7-4-5(8(10)11)2-3-6(7)9-15(12)13/h2-4,9H,1H3,(H,10,11)(H,12,13). The minimum absolute atomic E-state index is 0.0427. The predicted octanol–water partition coefficient (Wildman–Crippen LogP) is 0.942. The molecule has 0 saturated carbocycles. The van der Waals surface area contributed by atoms with Crippen LogP contribution in [0.1, 0.15) is 10.4 Å². The summed E-state index contributed by atoms with van der Waals surface area (Å²) >= 11 is -2.22. The topological polar surface area (TPSA) is 95.9 Å². The van der Waals surface area contributed by atoms with Crippen LogP contribution in [0.25, 0.3) is 0 Å². The van der Waals surface area contributed by atoms with Gasteiger partial charge >= 0.3 is 5.97 Å². The maximum atomic E-state index is 10.6. The summed E-state index contributed by atoms with van der Waals surface area (Å²) in [5, 5.41) is 8.69. The Morgan fingerprint density at radius 2 is 2.20 bits per heavy atom. The highest BCUT2D eigenvalue weighted by Gasteiger charge is 2.09. The number of ether oxygens (including phenoxy) is 1. The van der Waals surface area contributed by atoms with Crippen LogP contribution in [0.3, 0.4) is 0 Å². The van der Waals surface area contributed by atoms with Crippen LogP contribution in [0.2, 0.25) is 0 Å². The van der Waals surface area contributed by atoms with Crippen LogP contribution >= 0.6 is 0 Å². The Labute approximate surface area is 88.3 Å². The fraction of sp³-hybridized carbons (Fsp3) is 0.125. The molecule has 0 bridgehead atoms. The molecule has 0 amide bonds. The third-order valence-corrected chi connectivity index (χ3v) is 2.04. The first-order chi connectivity index (χ1) is 7.04. The molecule has 1 aromatic rings. The Hall–Kier alpha value is -1.60. The number of carbonyl (C=O) groups is 1. The Morgan fingerprint density at radius 1 is 1.53 bits per heavy atom. The van der Waals surface area contributed by atoms with Crippen LogP contribution in [0.5, 0.6) is 5.75 Å². The van der Waals surface area contributed by atoms with Crippen molar-refractivity contribution in [3.8, 4) is 5.75 Å². The molecule has 1 aromatic carbocycles. The Kier molecular flexibility index (Phi) is 3.64. The van der Waals surface area contributed by atoms with E-state index in [0.717, 1.165) is 0 Å². The van der Waals surface area contributed by atoms with Crippen LogP contribution in [-0.2, 0) is 11.3 Å². The van der Waals surface area contributed by atoms with Gasteiger partial charge in [0, 0.05) is 0 Å². The monoisotopic (exact) mass is 231 g/mol. The van der Waals surface area contributed by atoms with Gasteiger partial charge in [0.2, 0.25) is 0 Å². The second kappa shape index (κ2) is 4.76. The SMILES string of the molecule is COc1cc(C(=O)O)ccc1NS(=O)O. The van der Waals surface area contributed by atoms with Crippen molar-refractivity contribution in [3.63, 3.8) is 0 Å². The molecule has 6 nitrogen and oxygen atoms in total. The molecule has 82 valence electrons. The van der Waals surface area contributed by atoms with Crippen molar-refractivity contribution >= 4 is 22.9 Å². The third kappa shape index (κ3) is 2.93. The Bertz CT molecular complexity index is 406. The minimum Gasteiger partial charge on any atom is -0.495 e. The molecule has 0 aliphatic carbocycles. The molecule has 7 heteroatoms. The van der Waals surface area contributed by atoms with Crippen LogP contribution < -0.4 is 9.46 Å². The maximum Gasteiger partial charge on any atom is 0.335 e. The summed E-state index contributed by atoms with van der Waals surface area (Å²) in [6.45, 7) is 0. The van der Waals surface area contributed by atoms with E-state index in [1.807, 2.05) is 0 Å². The first-order valence-electron chi connectivity index (χ1n) is 3.83. The third-order valence-electron chi connectivity index (χ3n) is 1.65. The van der Waals surface area contributed by atoms with Crippen LogP contribution in [-0.4, -0.2) is 26.9 Å². The molecule has 1 unspecified atom stereocenters. The lowest BCUT2D eigenvalue weighted by Crippen LogP contribution is -2.05. The fourth-order valence-corrected chi connectivity index (χ4v) is 1.36. The zero-order valence-corrected chi connectivity index (χ0v) is 8.58. The molecule has 0 aromatic heterocycles. The van der Waals surface area contributed by atoms with E-state index < -0.39 is 17.2 Å². The molecule has 3 N–H and O–H groups in total. The first kappa shape index (κ1) is 11.5. The number of anilines is 1. The average molecular weight is 231 g/mol. The molecule has 0 radical (unpaired) electrons. The summed E-state index contributed by atoms with van der Waals surface area (Å²) in [5.74, 6) is -0.901. The number of nitrogens with one attached hydrogen (secondary N) is 1. The van der Waals surface area contributed by atoms with E-state index in [4.69, 9.17) is 14.4 Å². The molecular formula is C8H9NO5S. The quantitative estimate of drug-likeness (QED) is 0.670. The maximum absolute atomic E-state index is 10.6. The lowest BCUT2D eigenvalue weighted by molar-refractivity contribution is 0.0696. The molecule has 1 atom stereocenters. The smallest absolute Gasteiger partial charge is 0.335 e. The number of aromatic carboxylic acids is 1. The van der Waals surface area contributed by atoms with Gasteiger partial charge in [-0.1, -0.05) is 0 Å². The molecular weight excluding hydrogens is 222 g/mol. The number of hydrogen-bond donors (Lipinski definition) is 3. The number of methoxy groups -OCH3 is 1. The summed E-state index contributed by atoms with van der Waals surface area (Å²) in [6, 6.07) is 3.92. The highest BCUT2D eigenvalue weighted by atomic mass is 32.2. The van der Waals surface area contributed by atoms with Gasteiger partial charge in [-0.25, -0.2) is 9.00 Å². The van der Waals surface area contributed by atoms with E-state index in [1.54, 1.807) is 0 Å². The Morgan fingerprint density at radius 3 is 2.67 bits per heavy atom. The van der Waals surface area contributed by atoms with Crippen molar-refractivity contribution in [2.24, 2.45) is 0 Å². The normalized spacial score (nSPS) is 11.9. The number of rotatable bonds is 4. The average Bonchev–Trinajstić information content (AvgIpc) is 2.17. The van der Waals surface area contributed by atoms with Gasteiger partial charge in [-0.05, 0) is 18.2 Å². The van der Waals surface area contributed by atoms with E-state index in [0.29, 0.717) is 0 Å². The summed E-state index contributed by atoms with van der Waals surface area (Å²) in [4.78, 5) is 10.6. The zero-order valence-electron chi connectivity index (χ0n) is 7.76. The summed E-state index contributed by atoms with van der Waals surface area (Å²) in [6.07, 6.45) is 0. The molecule has 0 aliphatic heterocycles. The largest absolute Gasteiger partial charge is 0.495 e. The summed E-state index contributed by atoms with van der Waals surface area (Å²) < 4.78 is 26.1. The van der Waals surface area contributed by atoms with Gasteiger partial charge in [-0.2, -0.15) is 0 Å². The van der Waals surface area contributed by atoms with Gasteiger partial charge < -0.3 is 9.84 Å². The number of hydrogen-bond acceptors (Lipinski definition) is 3. The predicted molar refractivity (Wildman–Crippen MR) is 54.3 cm³/mol. The van der Waals surface area contributed by atoms with E-state index >= 15 is 0 Å². The molecule has 0 spiro atoms. The lowest BCUT2D eigenvalue weighted by Gasteiger charge is -2.08. The van der Waals surface area contributed by atoms with Crippen molar-refractivity contribution in [1.29, 1.82) is 0 Å². The van der Waals surface area contributed by atoms with Crippen molar-refractivity contribution in [3.05, 3.63) is 23.8 Å². The summed E-state index contributed by atoms with van der Waals surface area (Å²) in [5.41, 5.74) is 0.296. The highest BCUT2D eigenvalue weighted by Crippen LogP contribution is 2.25. The molecule has 0 heterocycles. The van der Waals surface area contributed by atoms with Crippen molar-refractivity contribution in [2.75, 3.05) is 11.8 Å². The van der Waals surface area contributed by atoms with Gasteiger partial charge in [0.25, 0.3) is 11.3 Å². The van der Waals surface area contributed by atoms with Gasteiger partial charge in [-0.3, -0.25) is 9.27 Å². The van der Waals surface area contributed by atoms with Crippen LogP contribution in [0, 0.1) is 0 Å². The van der Waals surface area contributed by atoms with Crippen molar-refractivity contribution in [1.82, 2.24) is 0 Å². The van der Waals surface area contributed by atoms with Crippen molar-refractivity contribution in [2.45, 2.75) is 0 Å². The van der Waals surface area contributed by atoms with Gasteiger partial charge in [0.05, 0.1) is 18.4 Å². The zero-order chi connectivity index (χ0) is 11.4. The highest BCUT2D eigenvalue weighted by molar-refractivity contribution is 7.80. The number of carboxylic acid groups (broad SMARTS) is 1. The van der Waals surface area contributed by atoms with Crippen LogP contribution in [0.4, 0.5) is 5.69 Å². The molecule has 1 rings (SSSR count). The Balaban J connectivity index is 3.08. The molecule has 15 heavy (non-hydrogen) atoms. The van der Waals surface area contributed by atoms with E-state index in [9.17, 15) is 9.00 Å². The summed E-state index contributed by atoms with van der Waals surface area (Å²) in [7, 11) is 1.34. The van der Waals surface area contributed by atoms with Gasteiger partial charge in [-0.15, -0.1) is 0 Å². The molecule has 0 saturated heterocycles. The molecule has 0 fully saturated rings. The van der Waals surface area contributed by atoms with Crippen molar-refractivity contribution < 1.29 is 23.4 Å². The van der Waals surface area contributed by atoms with E-state index in [1.165, 1.54) is 25.3 Å². The second-order valence-corrected chi connectivity index (χ2v) is 3.27. The first-order valence-corrected chi connectivity index (χ1v) is 4.94. The van der Waals surface area contributed by atoms with E-state index in [2.05, 4.69) is 4.72 Å². The van der Waals surface area contributed by atoms with E-state index in [-0.39, 0.29) is 17.0 Å². The lowest BCUT2D eigenvalue weighted by atomic mass is 10.2. The number of carboxylic acids is 1. The second-order valence-electron chi connectivity index (χ2n) is 2.57. The van der Waals surface area contributed by atoms with Gasteiger partial charge in [0.15, 0.2) is 0 Å². The molecule has 0 aliphatic rings. The van der Waals surface area contributed by atoms with Gasteiger partial charge in [0.1, 0.15) is 5.75 Å². The number of benzene rings is 1. The minimum atomic E-state index is -2.22. The van der Waals surface area contributed by atoms with Crippen LogP contribution in [0.15, 0.2) is 18.2 Å². The fourth-order valence-electron chi connectivity index (χ4n) is 1.00.